The van der Waals surface area contributed by atoms with Gasteiger partial charge in [0.1, 0.15) is 0 Å². The lowest BCUT2D eigenvalue weighted by molar-refractivity contribution is 0.0952. The van der Waals surface area contributed by atoms with Crippen molar-refractivity contribution in [3.05, 3.63) is 75.5 Å². The third-order valence-electron chi connectivity index (χ3n) is 4.23. The van der Waals surface area contributed by atoms with E-state index in [-0.39, 0.29) is 5.91 Å². The van der Waals surface area contributed by atoms with Crippen molar-refractivity contribution in [1.29, 1.82) is 0 Å². The molecule has 0 aliphatic rings. The standard InChI is InChI=1S/C20H19Cl2N3O/c1-13-19(15-6-4-3-5-7-15)14(2)25(24-13)11-10-23-20(26)17-12-16(21)8-9-18(17)22/h3-9,12H,10-11H2,1-2H3,(H,23,26). The number of nitrogens with zero attached hydrogens (tertiary/aromatic N) is 2. The maximum Gasteiger partial charge on any atom is 0.252 e. The smallest absolute Gasteiger partial charge is 0.252 e. The van der Waals surface area contributed by atoms with Crippen LogP contribution in [0.4, 0.5) is 0 Å². The largest absolute Gasteiger partial charge is 0.350 e. The van der Waals surface area contributed by atoms with Gasteiger partial charge in [-0.05, 0) is 37.6 Å². The molecule has 0 unspecified atom stereocenters. The normalized spacial score (nSPS) is 10.8. The summed E-state index contributed by atoms with van der Waals surface area (Å²) in [4.78, 5) is 12.3. The van der Waals surface area contributed by atoms with E-state index < -0.39 is 0 Å². The molecule has 0 atom stereocenters. The van der Waals surface area contributed by atoms with Crippen LogP contribution in [0.15, 0.2) is 48.5 Å². The summed E-state index contributed by atoms with van der Waals surface area (Å²) in [5.41, 5.74) is 4.69. The predicted octanol–water partition coefficient (Wildman–Crippen LogP) is 4.90. The summed E-state index contributed by atoms with van der Waals surface area (Å²) in [7, 11) is 0. The van der Waals surface area contributed by atoms with E-state index in [1.54, 1.807) is 18.2 Å². The first kappa shape index (κ1) is 18.5. The molecule has 3 aromatic rings. The van der Waals surface area contributed by atoms with Gasteiger partial charge in [-0.25, -0.2) is 0 Å². The van der Waals surface area contributed by atoms with Crippen LogP contribution in [0.25, 0.3) is 11.1 Å². The molecule has 0 spiro atoms. The molecule has 1 aromatic heterocycles. The Hall–Kier alpha value is -2.30. The molecule has 0 saturated heterocycles. The summed E-state index contributed by atoms with van der Waals surface area (Å²) in [5, 5.41) is 8.33. The Bertz CT molecular complexity index is 936. The number of benzene rings is 2. The Morgan fingerprint density at radius 1 is 1.12 bits per heavy atom. The van der Waals surface area contributed by atoms with Gasteiger partial charge in [0.05, 0.1) is 22.8 Å². The van der Waals surface area contributed by atoms with E-state index in [1.807, 2.05) is 36.7 Å². The molecule has 0 saturated carbocycles. The van der Waals surface area contributed by atoms with Crippen molar-refractivity contribution in [2.45, 2.75) is 20.4 Å². The number of carbonyl (C=O) groups excluding carboxylic acids is 1. The van der Waals surface area contributed by atoms with E-state index in [4.69, 9.17) is 23.2 Å². The van der Waals surface area contributed by atoms with Gasteiger partial charge in [-0.15, -0.1) is 0 Å². The van der Waals surface area contributed by atoms with Crippen molar-refractivity contribution >= 4 is 29.1 Å². The number of amides is 1. The summed E-state index contributed by atoms with van der Waals surface area (Å²) in [6.45, 7) is 5.05. The molecule has 1 amide bonds. The van der Waals surface area contributed by atoms with Crippen LogP contribution in [0.5, 0.6) is 0 Å². The molecular formula is C20H19Cl2N3O. The summed E-state index contributed by atoms with van der Waals surface area (Å²) < 4.78 is 1.91. The first-order valence-corrected chi connectivity index (χ1v) is 9.05. The fourth-order valence-electron chi connectivity index (χ4n) is 2.98. The van der Waals surface area contributed by atoms with Gasteiger partial charge < -0.3 is 5.32 Å². The van der Waals surface area contributed by atoms with Gasteiger partial charge in [0, 0.05) is 22.8 Å². The van der Waals surface area contributed by atoms with Crippen LogP contribution in [0.2, 0.25) is 10.0 Å². The maximum absolute atomic E-state index is 12.3. The van der Waals surface area contributed by atoms with Gasteiger partial charge in [0.2, 0.25) is 0 Å². The average Bonchev–Trinajstić information content (AvgIpc) is 2.91. The van der Waals surface area contributed by atoms with Crippen molar-refractivity contribution in [2.24, 2.45) is 0 Å². The van der Waals surface area contributed by atoms with Crippen molar-refractivity contribution in [2.75, 3.05) is 6.54 Å². The molecule has 3 rings (SSSR count). The number of nitrogens with one attached hydrogen (secondary N) is 1. The van der Waals surface area contributed by atoms with Crippen molar-refractivity contribution in [3.8, 4) is 11.1 Å². The molecule has 0 radical (unpaired) electrons. The topological polar surface area (TPSA) is 46.9 Å². The monoisotopic (exact) mass is 387 g/mol. The summed E-state index contributed by atoms with van der Waals surface area (Å²) >= 11 is 12.0. The third kappa shape index (κ3) is 3.92. The highest BCUT2D eigenvalue weighted by Gasteiger charge is 2.14. The van der Waals surface area contributed by atoms with Crippen LogP contribution in [0.3, 0.4) is 0 Å². The molecule has 1 heterocycles. The molecule has 6 heteroatoms. The van der Waals surface area contributed by atoms with Gasteiger partial charge in [0.25, 0.3) is 5.91 Å². The molecule has 0 aliphatic heterocycles. The summed E-state index contributed by atoms with van der Waals surface area (Å²) in [5.74, 6) is -0.248. The lowest BCUT2D eigenvalue weighted by Crippen LogP contribution is -2.28. The summed E-state index contributed by atoms with van der Waals surface area (Å²) in [6.07, 6.45) is 0. The molecule has 134 valence electrons. The Morgan fingerprint density at radius 2 is 1.85 bits per heavy atom. The number of aryl methyl sites for hydroxylation is 1. The first-order chi connectivity index (χ1) is 12.5. The zero-order valence-electron chi connectivity index (χ0n) is 14.6. The zero-order valence-corrected chi connectivity index (χ0v) is 16.1. The number of aromatic nitrogens is 2. The van der Waals surface area contributed by atoms with E-state index in [2.05, 4.69) is 22.5 Å². The lowest BCUT2D eigenvalue weighted by Gasteiger charge is -2.09. The van der Waals surface area contributed by atoms with Gasteiger partial charge in [-0.1, -0.05) is 53.5 Å². The van der Waals surface area contributed by atoms with E-state index in [9.17, 15) is 4.79 Å². The highest BCUT2D eigenvalue weighted by molar-refractivity contribution is 6.35. The summed E-state index contributed by atoms with van der Waals surface area (Å²) in [6, 6.07) is 15.0. The number of carbonyl (C=O) groups is 1. The highest BCUT2D eigenvalue weighted by atomic mass is 35.5. The highest BCUT2D eigenvalue weighted by Crippen LogP contribution is 2.26. The first-order valence-electron chi connectivity index (χ1n) is 8.30. The molecule has 1 N–H and O–H groups in total. The van der Waals surface area contributed by atoms with E-state index in [0.717, 1.165) is 22.5 Å². The molecule has 0 aliphatic carbocycles. The van der Waals surface area contributed by atoms with Crippen LogP contribution in [0.1, 0.15) is 21.7 Å². The fraction of sp³-hybridized carbons (Fsp3) is 0.200. The Morgan fingerprint density at radius 3 is 2.58 bits per heavy atom. The molecule has 2 aromatic carbocycles. The van der Waals surface area contributed by atoms with Gasteiger partial charge in [-0.2, -0.15) is 5.10 Å². The van der Waals surface area contributed by atoms with Gasteiger partial charge in [-0.3, -0.25) is 9.48 Å². The minimum atomic E-state index is -0.248. The number of hydrogen-bond donors (Lipinski definition) is 1. The second-order valence-corrected chi connectivity index (χ2v) is 6.86. The minimum absolute atomic E-state index is 0.248. The van der Waals surface area contributed by atoms with Crippen LogP contribution in [-0.2, 0) is 6.54 Å². The molecule has 0 bridgehead atoms. The Balaban J connectivity index is 1.69. The number of halogens is 2. The van der Waals surface area contributed by atoms with E-state index >= 15 is 0 Å². The van der Waals surface area contributed by atoms with Crippen LogP contribution in [0, 0.1) is 13.8 Å². The second kappa shape index (κ2) is 7.94. The molecule has 0 fully saturated rings. The van der Waals surface area contributed by atoms with Crippen molar-refractivity contribution < 1.29 is 4.79 Å². The number of hydrogen-bond acceptors (Lipinski definition) is 2. The van der Waals surface area contributed by atoms with Crippen molar-refractivity contribution in [1.82, 2.24) is 15.1 Å². The maximum atomic E-state index is 12.3. The predicted molar refractivity (Wildman–Crippen MR) is 106 cm³/mol. The van der Waals surface area contributed by atoms with E-state index in [0.29, 0.717) is 28.7 Å². The lowest BCUT2D eigenvalue weighted by atomic mass is 10.0. The zero-order chi connectivity index (χ0) is 18.7. The SMILES string of the molecule is Cc1nn(CCNC(=O)c2cc(Cl)ccc2Cl)c(C)c1-c1ccccc1. The van der Waals surface area contributed by atoms with Crippen LogP contribution in [-0.4, -0.2) is 22.2 Å². The van der Waals surface area contributed by atoms with Gasteiger partial charge >= 0.3 is 0 Å². The van der Waals surface area contributed by atoms with Gasteiger partial charge in [0.15, 0.2) is 0 Å². The molecule has 4 nitrogen and oxygen atoms in total. The van der Waals surface area contributed by atoms with Crippen LogP contribution < -0.4 is 5.32 Å². The third-order valence-corrected chi connectivity index (χ3v) is 4.79. The Kier molecular flexibility index (Phi) is 5.64. The molecule has 26 heavy (non-hydrogen) atoms. The minimum Gasteiger partial charge on any atom is -0.350 e. The van der Waals surface area contributed by atoms with E-state index in [1.165, 1.54) is 0 Å². The fourth-order valence-corrected chi connectivity index (χ4v) is 3.35. The average molecular weight is 388 g/mol. The Labute approximate surface area is 162 Å². The number of rotatable bonds is 5. The molecular weight excluding hydrogens is 369 g/mol. The van der Waals surface area contributed by atoms with Crippen LogP contribution >= 0.6 is 23.2 Å². The van der Waals surface area contributed by atoms with Crippen molar-refractivity contribution in [3.63, 3.8) is 0 Å². The quantitative estimate of drug-likeness (QED) is 0.676. The second-order valence-electron chi connectivity index (χ2n) is 6.02.